The molecule has 0 saturated heterocycles. The van der Waals surface area contributed by atoms with Gasteiger partial charge in [0.25, 0.3) is 0 Å². The maximum atomic E-state index is 5.71. The van der Waals surface area contributed by atoms with Crippen molar-refractivity contribution < 1.29 is 0 Å². The molecule has 0 bridgehead atoms. The topological polar surface area (TPSA) is 50.4 Å². The van der Waals surface area contributed by atoms with Crippen molar-refractivity contribution in [2.45, 2.75) is 52.1 Å². The Hall–Kier alpha value is -0.730. The van der Waals surface area contributed by atoms with Crippen LogP contribution in [0.1, 0.15) is 40.0 Å². The summed E-state index contributed by atoms with van der Waals surface area (Å²) in [5, 5.41) is 3.10. The molecule has 1 fully saturated rings. The fraction of sp³-hybridized carbons (Fsp3) is 0.900. The minimum atomic E-state index is 0.372. The summed E-state index contributed by atoms with van der Waals surface area (Å²) < 4.78 is 0. The van der Waals surface area contributed by atoms with Crippen LogP contribution in [0, 0.1) is 5.92 Å². The minimum Gasteiger partial charge on any atom is -0.370 e. The molecule has 0 amide bonds. The average Bonchev–Trinajstić information content (AvgIpc) is 2.67. The quantitative estimate of drug-likeness (QED) is 0.512. The van der Waals surface area contributed by atoms with Crippen molar-refractivity contribution in [2.24, 2.45) is 16.6 Å². The second-order valence-electron chi connectivity index (χ2n) is 4.34. The Labute approximate surface area is 80.8 Å². The first-order chi connectivity index (χ1) is 6.08. The first-order valence-corrected chi connectivity index (χ1v) is 5.17. The van der Waals surface area contributed by atoms with E-state index in [0.717, 1.165) is 5.92 Å². The number of aliphatic imine (C=N–C) groups is 1. The molecule has 1 saturated carbocycles. The van der Waals surface area contributed by atoms with Gasteiger partial charge in [-0.25, -0.2) is 0 Å². The molecule has 0 spiro atoms. The number of hydrogen-bond donors (Lipinski definition) is 2. The van der Waals surface area contributed by atoms with Gasteiger partial charge in [0, 0.05) is 6.04 Å². The van der Waals surface area contributed by atoms with Crippen LogP contribution in [-0.2, 0) is 0 Å². The van der Waals surface area contributed by atoms with Gasteiger partial charge < -0.3 is 11.1 Å². The lowest BCUT2D eigenvalue weighted by atomic mass is 10.2. The summed E-state index contributed by atoms with van der Waals surface area (Å²) in [5.74, 6) is 1.51. The molecule has 1 aliphatic carbocycles. The molecule has 1 unspecified atom stereocenters. The fourth-order valence-corrected chi connectivity index (χ4v) is 1.46. The van der Waals surface area contributed by atoms with Crippen molar-refractivity contribution in [3.8, 4) is 0 Å². The Morgan fingerprint density at radius 2 is 2.08 bits per heavy atom. The van der Waals surface area contributed by atoms with Gasteiger partial charge in [-0.15, -0.1) is 0 Å². The van der Waals surface area contributed by atoms with Gasteiger partial charge in [0.2, 0.25) is 0 Å². The van der Waals surface area contributed by atoms with Crippen LogP contribution in [0.15, 0.2) is 4.99 Å². The molecule has 0 radical (unpaired) electrons. The highest BCUT2D eigenvalue weighted by atomic mass is 15.1. The predicted molar refractivity (Wildman–Crippen MR) is 56.7 cm³/mol. The zero-order valence-corrected chi connectivity index (χ0v) is 8.88. The van der Waals surface area contributed by atoms with E-state index in [1.165, 1.54) is 19.3 Å². The summed E-state index contributed by atoms with van der Waals surface area (Å²) >= 11 is 0. The van der Waals surface area contributed by atoms with Crippen LogP contribution < -0.4 is 11.1 Å². The fourth-order valence-electron chi connectivity index (χ4n) is 1.46. The molecular formula is C10H21N3. The highest BCUT2D eigenvalue weighted by Crippen LogP contribution is 2.33. The molecule has 13 heavy (non-hydrogen) atoms. The Morgan fingerprint density at radius 3 is 2.54 bits per heavy atom. The lowest BCUT2D eigenvalue weighted by Crippen LogP contribution is -2.37. The molecule has 0 aromatic carbocycles. The first-order valence-electron chi connectivity index (χ1n) is 5.17. The SMILES string of the molecule is CC(CC1CC1)N=C(N)NC(C)C. The normalized spacial score (nSPS) is 20.5. The van der Waals surface area contributed by atoms with E-state index in [0.29, 0.717) is 18.0 Å². The number of nitrogens with two attached hydrogens (primary N) is 1. The maximum absolute atomic E-state index is 5.71. The number of nitrogens with one attached hydrogen (secondary N) is 1. The van der Waals surface area contributed by atoms with Crippen LogP contribution in [0.25, 0.3) is 0 Å². The van der Waals surface area contributed by atoms with E-state index in [1.54, 1.807) is 0 Å². The second kappa shape index (κ2) is 4.49. The molecule has 0 heterocycles. The Kier molecular flexibility index (Phi) is 3.58. The van der Waals surface area contributed by atoms with Gasteiger partial charge in [-0.3, -0.25) is 4.99 Å². The monoisotopic (exact) mass is 183 g/mol. The highest BCUT2D eigenvalue weighted by Gasteiger charge is 2.23. The molecule has 1 atom stereocenters. The smallest absolute Gasteiger partial charge is 0.189 e. The van der Waals surface area contributed by atoms with Crippen LogP contribution in [0.3, 0.4) is 0 Å². The van der Waals surface area contributed by atoms with E-state index in [9.17, 15) is 0 Å². The third-order valence-corrected chi connectivity index (χ3v) is 2.17. The van der Waals surface area contributed by atoms with E-state index in [-0.39, 0.29) is 0 Å². The van der Waals surface area contributed by atoms with Gasteiger partial charge in [-0.05, 0) is 33.1 Å². The van der Waals surface area contributed by atoms with Crippen molar-refractivity contribution in [1.29, 1.82) is 0 Å². The lowest BCUT2D eigenvalue weighted by molar-refractivity contribution is 0.604. The Morgan fingerprint density at radius 1 is 1.46 bits per heavy atom. The summed E-state index contributed by atoms with van der Waals surface area (Å²) in [7, 11) is 0. The molecule has 3 heteroatoms. The van der Waals surface area contributed by atoms with Gasteiger partial charge in [0.1, 0.15) is 0 Å². The zero-order valence-electron chi connectivity index (χ0n) is 8.88. The van der Waals surface area contributed by atoms with Crippen LogP contribution >= 0.6 is 0 Å². The van der Waals surface area contributed by atoms with E-state index in [1.807, 2.05) is 0 Å². The summed E-state index contributed by atoms with van der Waals surface area (Å²) in [6, 6.07) is 0.746. The largest absolute Gasteiger partial charge is 0.370 e. The second-order valence-corrected chi connectivity index (χ2v) is 4.34. The van der Waals surface area contributed by atoms with Crippen molar-refractivity contribution in [1.82, 2.24) is 5.32 Å². The van der Waals surface area contributed by atoms with Crippen LogP contribution in [0.4, 0.5) is 0 Å². The van der Waals surface area contributed by atoms with Gasteiger partial charge in [-0.2, -0.15) is 0 Å². The Balaban J connectivity index is 2.24. The molecule has 1 aliphatic rings. The van der Waals surface area contributed by atoms with Gasteiger partial charge in [0.05, 0.1) is 6.04 Å². The van der Waals surface area contributed by atoms with Crippen molar-refractivity contribution >= 4 is 5.96 Å². The minimum absolute atomic E-state index is 0.372. The standard InChI is InChI=1S/C10H21N3/c1-7(2)12-10(11)13-8(3)6-9-4-5-9/h7-9H,4-6H2,1-3H3,(H3,11,12,13). The van der Waals surface area contributed by atoms with Gasteiger partial charge in [0.15, 0.2) is 5.96 Å². The number of guanidine groups is 1. The highest BCUT2D eigenvalue weighted by molar-refractivity contribution is 5.78. The molecule has 0 aromatic rings. The van der Waals surface area contributed by atoms with Crippen LogP contribution in [-0.4, -0.2) is 18.0 Å². The van der Waals surface area contributed by atoms with Crippen molar-refractivity contribution in [3.63, 3.8) is 0 Å². The summed E-state index contributed by atoms with van der Waals surface area (Å²) in [6.45, 7) is 6.26. The summed E-state index contributed by atoms with van der Waals surface area (Å²) in [6.07, 6.45) is 3.97. The number of nitrogens with zero attached hydrogens (tertiary/aromatic N) is 1. The molecule has 76 valence electrons. The molecule has 1 rings (SSSR count). The summed E-state index contributed by atoms with van der Waals surface area (Å²) in [4.78, 5) is 4.38. The van der Waals surface area contributed by atoms with E-state index in [2.05, 4.69) is 31.1 Å². The van der Waals surface area contributed by atoms with Crippen LogP contribution in [0.2, 0.25) is 0 Å². The molecule has 0 aliphatic heterocycles. The maximum Gasteiger partial charge on any atom is 0.189 e. The Bertz CT molecular complexity index is 183. The first kappa shape index (κ1) is 10.4. The zero-order chi connectivity index (χ0) is 9.84. The van der Waals surface area contributed by atoms with E-state index in [4.69, 9.17) is 5.73 Å². The van der Waals surface area contributed by atoms with Gasteiger partial charge >= 0.3 is 0 Å². The molecule has 3 nitrogen and oxygen atoms in total. The number of hydrogen-bond acceptors (Lipinski definition) is 1. The molecular weight excluding hydrogens is 162 g/mol. The third-order valence-electron chi connectivity index (χ3n) is 2.17. The molecule has 0 aromatic heterocycles. The number of rotatable bonds is 4. The van der Waals surface area contributed by atoms with Crippen LogP contribution in [0.5, 0.6) is 0 Å². The summed E-state index contributed by atoms with van der Waals surface area (Å²) in [5.41, 5.74) is 5.71. The van der Waals surface area contributed by atoms with E-state index < -0.39 is 0 Å². The van der Waals surface area contributed by atoms with E-state index >= 15 is 0 Å². The molecule has 3 N–H and O–H groups in total. The predicted octanol–water partition coefficient (Wildman–Crippen LogP) is 1.49. The van der Waals surface area contributed by atoms with Crippen molar-refractivity contribution in [2.75, 3.05) is 0 Å². The van der Waals surface area contributed by atoms with Gasteiger partial charge in [-0.1, -0.05) is 12.8 Å². The average molecular weight is 183 g/mol. The third kappa shape index (κ3) is 4.76. The lowest BCUT2D eigenvalue weighted by Gasteiger charge is -2.11. The van der Waals surface area contributed by atoms with Crippen molar-refractivity contribution in [3.05, 3.63) is 0 Å².